The van der Waals surface area contributed by atoms with Crippen molar-refractivity contribution in [3.63, 3.8) is 0 Å². The van der Waals surface area contributed by atoms with Gasteiger partial charge in [-0.15, -0.1) is 77.1 Å². The molecule has 1 radical (unpaired) electrons. The van der Waals surface area contributed by atoms with Gasteiger partial charge in [-0.05, 0) is 53.8 Å². The number of aryl methyl sites for hydroxylation is 2. The van der Waals surface area contributed by atoms with Crippen LogP contribution in [0.4, 0.5) is 17.6 Å². The Morgan fingerprint density at radius 2 is 1.65 bits per heavy atom. The molecule has 3 aromatic heterocycles. The molecule has 43 heavy (non-hydrogen) atoms. The van der Waals surface area contributed by atoms with Crippen molar-refractivity contribution in [3.8, 4) is 22.5 Å². The minimum absolute atomic E-state index is 0. The van der Waals surface area contributed by atoms with E-state index >= 15 is 0 Å². The molecular weight excluding hydrogens is 749 g/mol. The normalized spacial score (nSPS) is 14.3. The maximum atomic E-state index is 13.4. The molecule has 6 rings (SSSR count). The van der Waals surface area contributed by atoms with Gasteiger partial charge in [-0.1, -0.05) is 43.7 Å². The van der Waals surface area contributed by atoms with Crippen molar-refractivity contribution in [3.05, 3.63) is 120 Å². The van der Waals surface area contributed by atoms with Gasteiger partial charge in [-0.3, -0.25) is 4.39 Å². The zero-order chi connectivity index (χ0) is 35.1. The van der Waals surface area contributed by atoms with E-state index in [4.69, 9.17) is 8.22 Å². The van der Waals surface area contributed by atoms with Gasteiger partial charge in [-0.2, -0.15) is 13.2 Å². The number of thiophene rings is 1. The van der Waals surface area contributed by atoms with Gasteiger partial charge >= 0.3 is 6.18 Å². The minimum atomic E-state index is -4.25. The Balaban J connectivity index is 0.000000224. The van der Waals surface area contributed by atoms with Gasteiger partial charge in [0.05, 0.1) is 5.41 Å². The van der Waals surface area contributed by atoms with Gasteiger partial charge in [0.25, 0.3) is 0 Å². The Labute approximate surface area is 274 Å². The van der Waals surface area contributed by atoms with E-state index in [-0.39, 0.29) is 43.3 Å². The maximum Gasteiger partial charge on any atom is 0.394 e. The largest absolute Gasteiger partial charge is 0.394 e. The fourth-order valence-electron chi connectivity index (χ4n) is 4.40. The van der Waals surface area contributed by atoms with Gasteiger partial charge in [-0.25, -0.2) is 0 Å². The smallest absolute Gasteiger partial charge is 0.304 e. The third-order valence-electron chi connectivity index (χ3n) is 6.81. The van der Waals surface area contributed by atoms with Crippen LogP contribution in [0.3, 0.4) is 0 Å². The second-order valence-electron chi connectivity index (χ2n) is 10.3. The van der Waals surface area contributed by atoms with Crippen LogP contribution in [-0.2, 0) is 26.5 Å². The summed E-state index contributed by atoms with van der Waals surface area (Å²) >= 11 is 1.51. The molecule has 0 atom stereocenters. The first-order valence-corrected chi connectivity index (χ1v) is 13.7. The summed E-state index contributed by atoms with van der Waals surface area (Å²) < 4.78 is 99.5. The fraction of sp³-hybridized carbons (Fsp3) is 0.200. The number of rotatable bonds is 4. The third kappa shape index (κ3) is 7.04. The van der Waals surface area contributed by atoms with E-state index in [9.17, 15) is 17.6 Å². The zero-order valence-electron chi connectivity index (χ0n) is 28.9. The van der Waals surface area contributed by atoms with Gasteiger partial charge < -0.3 is 9.97 Å². The molecule has 0 saturated heterocycles. The number of pyridine rings is 2. The van der Waals surface area contributed by atoms with Gasteiger partial charge in [0.15, 0.2) is 0 Å². The van der Waals surface area contributed by atoms with Crippen LogP contribution >= 0.6 is 11.3 Å². The maximum absolute atomic E-state index is 13.4. The van der Waals surface area contributed by atoms with Crippen molar-refractivity contribution in [2.75, 3.05) is 0 Å². The molecule has 0 bridgehead atoms. The molecule has 0 aliphatic carbocycles. The molecule has 0 N–H and O–H groups in total. The topological polar surface area (TPSA) is 25.8 Å². The third-order valence-corrected chi connectivity index (χ3v) is 8.12. The van der Waals surface area contributed by atoms with Crippen LogP contribution in [0, 0.1) is 37.1 Å². The molecule has 8 heteroatoms. The van der Waals surface area contributed by atoms with E-state index in [1.165, 1.54) is 43.4 Å². The monoisotopic (exact) mass is 783 g/mol. The predicted molar refractivity (Wildman–Crippen MR) is 163 cm³/mol. The summed E-state index contributed by atoms with van der Waals surface area (Å²) in [6.07, 6.45) is -1.53. The summed E-state index contributed by atoms with van der Waals surface area (Å²) in [6, 6.07) is 25.8. The predicted octanol–water partition coefficient (Wildman–Crippen LogP) is 10.3. The van der Waals surface area contributed by atoms with E-state index in [0.717, 1.165) is 49.3 Å². The van der Waals surface area contributed by atoms with Crippen LogP contribution in [0.25, 0.3) is 42.7 Å². The summed E-state index contributed by atoms with van der Waals surface area (Å²) in [4.78, 5) is 8.47. The SMILES string of the molecule is CC(C)(Cc1cccc2c1sc1c(-c3[c-]cccc3)nccc12)C(F)(F)F.[2H]C([2H])([2H])c1cnc(-c2[c-]cc(F)cc2)cc1C([2H])([2H])[2H].[Ir]. The van der Waals surface area contributed by atoms with Crippen LogP contribution in [-0.4, -0.2) is 16.1 Å². The average Bonchev–Trinajstić information content (AvgIpc) is 3.40. The molecule has 0 spiro atoms. The fourth-order valence-corrected chi connectivity index (χ4v) is 5.71. The zero-order valence-corrected chi connectivity index (χ0v) is 26.1. The molecule has 0 fully saturated rings. The Kier molecular flexibility index (Phi) is 7.56. The molecule has 3 heterocycles. The Bertz CT molecular complexity index is 2060. The summed E-state index contributed by atoms with van der Waals surface area (Å²) in [5.74, 6) is -0.478. The quantitative estimate of drug-likeness (QED) is 0.132. The first kappa shape index (κ1) is 24.9. The van der Waals surface area contributed by atoms with E-state index in [1.807, 2.05) is 42.5 Å². The first-order chi connectivity index (χ1) is 22.4. The van der Waals surface area contributed by atoms with Gasteiger partial charge in [0.2, 0.25) is 0 Å². The molecule has 6 aromatic rings. The molecule has 3 aromatic carbocycles. The number of fused-ring (bicyclic) bond motifs is 3. The van der Waals surface area contributed by atoms with Gasteiger partial charge in [0.1, 0.15) is 0 Å². The second kappa shape index (κ2) is 13.0. The van der Waals surface area contributed by atoms with Crippen molar-refractivity contribution in [1.82, 2.24) is 9.97 Å². The summed E-state index contributed by atoms with van der Waals surface area (Å²) in [7, 11) is 0. The number of hydrogen-bond acceptors (Lipinski definition) is 3. The number of alkyl halides is 3. The Morgan fingerprint density at radius 1 is 0.860 bits per heavy atom. The van der Waals surface area contributed by atoms with E-state index in [1.54, 1.807) is 12.3 Å². The van der Waals surface area contributed by atoms with Crippen molar-refractivity contribution in [2.45, 2.75) is 40.1 Å². The standard InChI is InChI=1S/C22H17F3NS.C13H11FN.Ir/c1-21(2,22(23,24)25)13-15-9-6-10-16-17-11-12-26-18(20(17)27-19(15)16)14-7-4-3-5-8-14;1-9-7-13(15-8-10(9)2)11-3-5-12(14)6-4-11;/h3-7,9-12H,13H2,1-2H3;3,5-8H,1-2H3;/q2*-1;/i;1D3,2D3;. The number of benzene rings is 3. The molecular formula is C35H28F4IrN2S-2. The van der Waals surface area contributed by atoms with Crippen molar-refractivity contribution >= 4 is 31.5 Å². The molecule has 0 unspecified atom stereocenters. The Hall–Kier alpha value is -3.45. The van der Waals surface area contributed by atoms with Crippen LogP contribution < -0.4 is 0 Å². The van der Waals surface area contributed by atoms with E-state index in [2.05, 4.69) is 22.1 Å². The Morgan fingerprint density at radius 3 is 2.33 bits per heavy atom. The number of halogens is 4. The molecule has 0 aliphatic heterocycles. The summed E-state index contributed by atoms with van der Waals surface area (Å²) in [6.45, 7) is -2.64. The van der Waals surface area contributed by atoms with Crippen LogP contribution in [0.1, 0.15) is 38.8 Å². The molecule has 0 saturated carbocycles. The van der Waals surface area contributed by atoms with Crippen molar-refractivity contribution < 1.29 is 45.9 Å². The van der Waals surface area contributed by atoms with E-state index in [0.29, 0.717) is 5.56 Å². The van der Waals surface area contributed by atoms with Crippen LogP contribution in [0.5, 0.6) is 0 Å². The van der Waals surface area contributed by atoms with Crippen molar-refractivity contribution in [2.24, 2.45) is 5.41 Å². The molecule has 0 aliphatic rings. The average molecular weight is 783 g/mol. The van der Waals surface area contributed by atoms with Crippen LogP contribution in [0.2, 0.25) is 0 Å². The summed E-state index contributed by atoms with van der Waals surface area (Å²) in [5, 5.41) is 1.99. The molecule has 2 nitrogen and oxygen atoms in total. The first-order valence-electron chi connectivity index (χ1n) is 15.9. The van der Waals surface area contributed by atoms with Crippen molar-refractivity contribution in [1.29, 1.82) is 0 Å². The number of hydrogen-bond donors (Lipinski definition) is 0. The number of aromatic nitrogens is 2. The summed E-state index contributed by atoms with van der Waals surface area (Å²) in [5.41, 5.74) is 0.652. The molecule has 223 valence electrons. The second-order valence-corrected chi connectivity index (χ2v) is 11.3. The minimum Gasteiger partial charge on any atom is -0.304 e. The molecule has 0 amide bonds. The number of nitrogens with zero attached hydrogens (tertiary/aromatic N) is 2. The van der Waals surface area contributed by atoms with Crippen LogP contribution in [0.15, 0.2) is 85.2 Å². The van der Waals surface area contributed by atoms with Gasteiger partial charge in [0, 0.05) is 61.6 Å². The van der Waals surface area contributed by atoms with E-state index < -0.39 is 31.1 Å².